The predicted molar refractivity (Wildman–Crippen MR) is 58.3 cm³/mol. The molecule has 15 heavy (non-hydrogen) atoms. The zero-order valence-electron chi connectivity index (χ0n) is 8.77. The van der Waals surface area contributed by atoms with E-state index in [0.29, 0.717) is 5.84 Å². The fraction of sp³-hybridized carbons (Fsp3) is 0.273. The van der Waals surface area contributed by atoms with Gasteiger partial charge in [-0.2, -0.15) is 5.10 Å². The molecular weight excluding hydrogens is 190 g/mol. The van der Waals surface area contributed by atoms with E-state index in [9.17, 15) is 4.79 Å². The Morgan fingerprint density at radius 1 is 1.33 bits per heavy atom. The Kier molecular flexibility index (Phi) is 2.41. The van der Waals surface area contributed by atoms with E-state index >= 15 is 0 Å². The summed E-state index contributed by atoms with van der Waals surface area (Å²) < 4.78 is 0. The topological polar surface area (TPSA) is 44.7 Å². The summed E-state index contributed by atoms with van der Waals surface area (Å²) in [6, 6.07) is 9.40. The SMILES string of the molecule is CC1NN=C(c2ccccc2)N(C)C1=O. The largest absolute Gasteiger partial charge is 0.296 e. The number of likely N-dealkylation sites (N-methyl/N-ethyl adjacent to an activating group) is 1. The molecular formula is C11H13N3O. The van der Waals surface area contributed by atoms with E-state index < -0.39 is 0 Å². The third-order valence-electron chi connectivity index (χ3n) is 2.41. The van der Waals surface area contributed by atoms with E-state index in [2.05, 4.69) is 10.5 Å². The van der Waals surface area contributed by atoms with Gasteiger partial charge >= 0.3 is 0 Å². The Labute approximate surface area is 88.6 Å². The van der Waals surface area contributed by atoms with Gasteiger partial charge < -0.3 is 0 Å². The molecule has 4 nitrogen and oxygen atoms in total. The Hall–Kier alpha value is -1.84. The van der Waals surface area contributed by atoms with Crippen LogP contribution in [0.3, 0.4) is 0 Å². The van der Waals surface area contributed by atoms with Gasteiger partial charge in [-0.1, -0.05) is 30.3 Å². The number of hydrogen-bond acceptors (Lipinski definition) is 3. The summed E-state index contributed by atoms with van der Waals surface area (Å²) >= 11 is 0. The molecule has 2 rings (SSSR count). The molecule has 0 bridgehead atoms. The molecule has 1 aliphatic heterocycles. The van der Waals surface area contributed by atoms with Crippen molar-refractivity contribution in [2.75, 3.05) is 7.05 Å². The van der Waals surface area contributed by atoms with Crippen molar-refractivity contribution in [2.45, 2.75) is 13.0 Å². The average Bonchev–Trinajstić information content (AvgIpc) is 2.27. The van der Waals surface area contributed by atoms with Crippen molar-refractivity contribution in [3.05, 3.63) is 35.9 Å². The van der Waals surface area contributed by atoms with E-state index in [1.165, 1.54) is 0 Å². The first-order valence-corrected chi connectivity index (χ1v) is 4.86. The van der Waals surface area contributed by atoms with Crippen LogP contribution in [0.25, 0.3) is 0 Å². The number of nitrogens with zero attached hydrogens (tertiary/aromatic N) is 2. The Morgan fingerprint density at radius 3 is 2.67 bits per heavy atom. The van der Waals surface area contributed by atoms with E-state index in [1.807, 2.05) is 30.3 Å². The molecule has 1 heterocycles. The highest BCUT2D eigenvalue weighted by Gasteiger charge is 2.26. The number of hydrogen-bond donors (Lipinski definition) is 1. The minimum absolute atomic E-state index is 0.0313. The molecule has 1 atom stereocenters. The second-order valence-corrected chi connectivity index (χ2v) is 3.55. The van der Waals surface area contributed by atoms with Crippen molar-refractivity contribution in [1.82, 2.24) is 10.3 Å². The lowest BCUT2D eigenvalue weighted by Crippen LogP contribution is -2.49. The summed E-state index contributed by atoms with van der Waals surface area (Å²) in [6.45, 7) is 1.80. The first kappa shape index (κ1) is 9.71. The van der Waals surface area contributed by atoms with Crippen LogP contribution in [-0.4, -0.2) is 29.7 Å². The summed E-state index contributed by atoms with van der Waals surface area (Å²) in [5.74, 6) is 0.697. The smallest absolute Gasteiger partial charge is 0.251 e. The van der Waals surface area contributed by atoms with Gasteiger partial charge in [0, 0.05) is 12.6 Å². The van der Waals surface area contributed by atoms with E-state index in [0.717, 1.165) is 5.56 Å². The standard InChI is InChI=1S/C11H13N3O/c1-8-11(15)14(2)10(13-12-8)9-6-4-3-5-7-9/h3-8,12H,1-2H3. The monoisotopic (exact) mass is 203 g/mol. The van der Waals surface area contributed by atoms with Crippen LogP contribution >= 0.6 is 0 Å². The van der Waals surface area contributed by atoms with E-state index in [4.69, 9.17) is 0 Å². The molecule has 0 saturated carbocycles. The average molecular weight is 203 g/mol. The minimum Gasteiger partial charge on any atom is -0.296 e. The van der Waals surface area contributed by atoms with Crippen molar-refractivity contribution in [1.29, 1.82) is 0 Å². The molecule has 1 unspecified atom stereocenters. The molecule has 0 aliphatic carbocycles. The molecule has 1 aliphatic rings. The van der Waals surface area contributed by atoms with Gasteiger partial charge in [0.1, 0.15) is 6.04 Å². The highest BCUT2D eigenvalue weighted by molar-refractivity contribution is 6.09. The van der Waals surface area contributed by atoms with Gasteiger partial charge in [-0.05, 0) is 6.92 Å². The molecule has 4 heteroatoms. The van der Waals surface area contributed by atoms with Crippen LogP contribution in [0.5, 0.6) is 0 Å². The molecule has 0 saturated heterocycles. The summed E-state index contributed by atoms with van der Waals surface area (Å²) in [6.07, 6.45) is 0. The number of carbonyl (C=O) groups is 1. The number of amides is 1. The highest BCUT2D eigenvalue weighted by atomic mass is 16.2. The molecule has 0 fully saturated rings. The molecule has 0 radical (unpaired) electrons. The van der Waals surface area contributed by atoms with Crippen LogP contribution in [0.15, 0.2) is 35.4 Å². The predicted octanol–water partition coefficient (Wildman–Crippen LogP) is 0.798. The number of hydrazone groups is 1. The van der Waals surface area contributed by atoms with Crippen molar-refractivity contribution in [3.63, 3.8) is 0 Å². The number of nitrogens with one attached hydrogen (secondary N) is 1. The number of rotatable bonds is 1. The second-order valence-electron chi connectivity index (χ2n) is 3.55. The third kappa shape index (κ3) is 1.70. The van der Waals surface area contributed by atoms with E-state index in [1.54, 1.807) is 18.9 Å². The molecule has 1 aromatic rings. The van der Waals surface area contributed by atoms with Crippen LogP contribution in [0.2, 0.25) is 0 Å². The highest BCUT2D eigenvalue weighted by Crippen LogP contribution is 2.09. The number of carbonyl (C=O) groups excluding carboxylic acids is 1. The lowest BCUT2D eigenvalue weighted by Gasteiger charge is -2.27. The van der Waals surface area contributed by atoms with Crippen molar-refractivity contribution >= 4 is 11.7 Å². The van der Waals surface area contributed by atoms with Gasteiger partial charge in [-0.25, -0.2) is 0 Å². The zero-order valence-corrected chi connectivity index (χ0v) is 8.77. The van der Waals surface area contributed by atoms with Crippen molar-refractivity contribution in [2.24, 2.45) is 5.10 Å². The normalized spacial score (nSPS) is 20.9. The first-order valence-electron chi connectivity index (χ1n) is 4.86. The van der Waals surface area contributed by atoms with Gasteiger partial charge in [0.05, 0.1) is 0 Å². The summed E-state index contributed by atoms with van der Waals surface area (Å²) in [7, 11) is 1.74. The maximum Gasteiger partial charge on any atom is 0.251 e. The maximum atomic E-state index is 11.7. The minimum atomic E-state index is -0.248. The number of benzene rings is 1. The third-order valence-corrected chi connectivity index (χ3v) is 2.41. The van der Waals surface area contributed by atoms with Crippen LogP contribution in [0.1, 0.15) is 12.5 Å². The van der Waals surface area contributed by atoms with Crippen LogP contribution < -0.4 is 5.43 Å². The summed E-state index contributed by atoms with van der Waals surface area (Å²) in [4.78, 5) is 13.3. The second kappa shape index (κ2) is 3.73. The molecule has 78 valence electrons. The molecule has 0 spiro atoms. The fourth-order valence-corrected chi connectivity index (χ4v) is 1.53. The van der Waals surface area contributed by atoms with Crippen molar-refractivity contribution < 1.29 is 4.79 Å². The van der Waals surface area contributed by atoms with Crippen LogP contribution in [0, 0.1) is 0 Å². The first-order chi connectivity index (χ1) is 7.20. The van der Waals surface area contributed by atoms with Gasteiger partial charge in [0.2, 0.25) is 0 Å². The van der Waals surface area contributed by atoms with E-state index in [-0.39, 0.29) is 11.9 Å². The van der Waals surface area contributed by atoms with Gasteiger partial charge in [0.15, 0.2) is 5.84 Å². The fourth-order valence-electron chi connectivity index (χ4n) is 1.53. The molecule has 1 aromatic carbocycles. The Bertz CT molecular complexity index is 400. The lowest BCUT2D eigenvalue weighted by molar-refractivity contribution is -0.128. The van der Waals surface area contributed by atoms with Crippen LogP contribution in [-0.2, 0) is 4.79 Å². The number of amidine groups is 1. The maximum absolute atomic E-state index is 11.7. The molecule has 1 amide bonds. The van der Waals surface area contributed by atoms with Crippen LogP contribution in [0.4, 0.5) is 0 Å². The summed E-state index contributed by atoms with van der Waals surface area (Å²) in [5.41, 5.74) is 3.75. The van der Waals surface area contributed by atoms with Gasteiger partial charge in [0.25, 0.3) is 5.91 Å². The quantitative estimate of drug-likeness (QED) is 0.733. The Balaban J connectivity index is 2.35. The van der Waals surface area contributed by atoms with Gasteiger partial charge in [-0.15, -0.1) is 0 Å². The lowest BCUT2D eigenvalue weighted by atomic mass is 10.1. The molecule has 1 N–H and O–H groups in total. The van der Waals surface area contributed by atoms with Crippen molar-refractivity contribution in [3.8, 4) is 0 Å². The molecule has 0 aromatic heterocycles. The Morgan fingerprint density at radius 2 is 2.00 bits per heavy atom. The summed E-state index contributed by atoms with van der Waals surface area (Å²) in [5, 5.41) is 4.18. The zero-order chi connectivity index (χ0) is 10.8. The van der Waals surface area contributed by atoms with Gasteiger partial charge in [-0.3, -0.25) is 15.1 Å².